The van der Waals surface area contributed by atoms with Crippen molar-refractivity contribution < 1.29 is 19.4 Å². The van der Waals surface area contributed by atoms with Crippen LogP contribution in [0.15, 0.2) is 42.6 Å². The predicted octanol–water partition coefficient (Wildman–Crippen LogP) is 1.90. The van der Waals surface area contributed by atoms with Gasteiger partial charge in [-0.3, -0.25) is 4.68 Å². The van der Waals surface area contributed by atoms with Gasteiger partial charge in [0.2, 0.25) is 0 Å². The van der Waals surface area contributed by atoms with Gasteiger partial charge in [0.25, 0.3) is 0 Å². The average molecular weight is 303 g/mol. The van der Waals surface area contributed by atoms with Crippen LogP contribution < -0.4 is 5.32 Å². The number of amides is 1. The maximum atomic E-state index is 11.7. The molecule has 116 valence electrons. The average Bonchev–Trinajstić information content (AvgIpc) is 2.94. The molecule has 1 heterocycles. The van der Waals surface area contributed by atoms with Gasteiger partial charge < -0.3 is 15.2 Å². The molecular formula is C15H17N3O4. The molecule has 0 aliphatic carbocycles. The molecule has 7 heteroatoms. The highest BCUT2D eigenvalue weighted by Gasteiger charge is 2.14. The lowest BCUT2D eigenvalue weighted by Gasteiger charge is -2.15. The van der Waals surface area contributed by atoms with Crippen molar-refractivity contribution >= 4 is 12.1 Å². The van der Waals surface area contributed by atoms with Gasteiger partial charge in [-0.1, -0.05) is 30.3 Å². The third-order valence-electron chi connectivity index (χ3n) is 2.96. The van der Waals surface area contributed by atoms with Crippen molar-refractivity contribution in [3.63, 3.8) is 0 Å². The fraction of sp³-hybridized carbons (Fsp3) is 0.267. The summed E-state index contributed by atoms with van der Waals surface area (Å²) >= 11 is 0. The van der Waals surface area contributed by atoms with E-state index in [4.69, 9.17) is 9.84 Å². The molecular weight excluding hydrogens is 286 g/mol. The number of aromatic carboxylic acids is 1. The SMILES string of the molecule is CC(Cn1nccc1C(=O)O)NC(=O)OCc1ccccc1. The summed E-state index contributed by atoms with van der Waals surface area (Å²) in [5.41, 5.74) is 0.969. The van der Waals surface area contributed by atoms with Gasteiger partial charge in [0.05, 0.1) is 6.54 Å². The van der Waals surface area contributed by atoms with Gasteiger partial charge in [0.15, 0.2) is 0 Å². The van der Waals surface area contributed by atoms with E-state index in [1.807, 2.05) is 30.3 Å². The first-order valence-electron chi connectivity index (χ1n) is 6.78. The summed E-state index contributed by atoms with van der Waals surface area (Å²) in [6.45, 7) is 2.17. The van der Waals surface area contributed by atoms with E-state index in [-0.39, 0.29) is 24.9 Å². The van der Waals surface area contributed by atoms with Crippen LogP contribution in [-0.4, -0.2) is 33.0 Å². The van der Waals surface area contributed by atoms with E-state index >= 15 is 0 Å². The van der Waals surface area contributed by atoms with Crippen LogP contribution >= 0.6 is 0 Å². The summed E-state index contributed by atoms with van der Waals surface area (Å²) < 4.78 is 6.42. The van der Waals surface area contributed by atoms with Crippen molar-refractivity contribution in [3.05, 3.63) is 53.9 Å². The van der Waals surface area contributed by atoms with E-state index in [1.165, 1.54) is 16.9 Å². The quantitative estimate of drug-likeness (QED) is 0.850. The number of rotatable bonds is 6. The van der Waals surface area contributed by atoms with Crippen LogP contribution in [0.3, 0.4) is 0 Å². The molecule has 0 aliphatic rings. The maximum Gasteiger partial charge on any atom is 0.407 e. The van der Waals surface area contributed by atoms with Crippen molar-refractivity contribution in [2.24, 2.45) is 0 Å². The fourth-order valence-electron chi connectivity index (χ4n) is 1.93. The molecule has 0 bridgehead atoms. The first-order valence-corrected chi connectivity index (χ1v) is 6.78. The maximum absolute atomic E-state index is 11.7. The number of nitrogens with zero attached hydrogens (tertiary/aromatic N) is 2. The number of carbonyl (C=O) groups excluding carboxylic acids is 1. The number of hydrogen-bond donors (Lipinski definition) is 2. The van der Waals surface area contributed by atoms with Gasteiger partial charge in [-0.15, -0.1) is 0 Å². The van der Waals surface area contributed by atoms with E-state index in [0.717, 1.165) is 5.56 Å². The third-order valence-corrected chi connectivity index (χ3v) is 2.96. The fourth-order valence-corrected chi connectivity index (χ4v) is 1.93. The molecule has 0 saturated carbocycles. The van der Waals surface area contributed by atoms with Gasteiger partial charge in [0, 0.05) is 12.2 Å². The lowest BCUT2D eigenvalue weighted by atomic mass is 10.2. The summed E-state index contributed by atoms with van der Waals surface area (Å²) in [5.74, 6) is -1.06. The first kappa shape index (κ1) is 15.6. The van der Waals surface area contributed by atoms with E-state index < -0.39 is 12.1 Å². The van der Waals surface area contributed by atoms with Gasteiger partial charge in [0.1, 0.15) is 12.3 Å². The number of aromatic nitrogens is 2. The lowest BCUT2D eigenvalue weighted by Crippen LogP contribution is -2.36. The largest absolute Gasteiger partial charge is 0.477 e. The van der Waals surface area contributed by atoms with Crippen LogP contribution in [0.2, 0.25) is 0 Å². The second-order valence-electron chi connectivity index (χ2n) is 4.81. The number of carboxylic acids is 1. The molecule has 0 fully saturated rings. The number of hydrogen-bond acceptors (Lipinski definition) is 4. The molecule has 1 aromatic carbocycles. The van der Waals surface area contributed by atoms with Gasteiger partial charge in [-0.25, -0.2) is 9.59 Å². The van der Waals surface area contributed by atoms with Crippen LogP contribution in [0.5, 0.6) is 0 Å². The molecule has 1 unspecified atom stereocenters. The zero-order valence-corrected chi connectivity index (χ0v) is 12.1. The zero-order valence-electron chi connectivity index (χ0n) is 12.1. The zero-order chi connectivity index (χ0) is 15.9. The molecule has 2 N–H and O–H groups in total. The van der Waals surface area contributed by atoms with E-state index in [0.29, 0.717) is 0 Å². The van der Waals surface area contributed by atoms with Gasteiger partial charge in [-0.2, -0.15) is 5.10 Å². The highest BCUT2D eigenvalue weighted by Crippen LogP contribution is 2.03. The van der Waals surface area contributed by atoms with Crippen molar-refractivity contribution in [1.82, 2.24) is 15.1 Å². The summed E-state index contributed by atoms with van der Waals surface area (Å²) in [7, 11) is 0. The van der Waals surface area contributed by atoms with E-state index in [9.17, 15) is 9.59 Å². The van der Waals surface area contributed by atoms with Crippen LogP contribution in [0, 0.1) is 0 Å². The minimum Gasteiger partial charge on any atom is -0.477 e. The molecule has 1 amide bonds. The number of alkyl carbamates (subject to hydrolysis) is 1. The summed E-state index contributed by atoms with van der Waals surface area (Å²) in [5, 5.41) is 15.5. The third kappa shape index (κ3) is 4.34. The number of carbonyl (C=O) groups is 2. The minimum atomic E-state index is -1.06. The topological polar surface area (TPSA) is 93.5 Å². The monoisotopic (exact) mass is 303 g/mol. The Bertz CT molecular complexity index is 639. The van der Waals surface area contributed by atoms with Crippen molar-refractivity contribution in [2.75, 3.05) is 0 Å². The van der Waals surface area contributed by atoms with Crippen LogP contribution in [0.4, 0.5) is 4.79 Å². The highest BCUT2D eigenvalue weighted by atomic mass is 16.5. The van der Waals surface area contributed by atoms with E-state index in [2.05, 4.69) is 10.4 Å². The molecule has 1 atom stereocenters. The Kier molecular flexibility index (Phi) is 5.13. The van der Waals surface area contributed by atoms with Gasteiger partial charge >= 0.3 is 12.1 Å². The smallest absolute Gasteiger partial charge is 0.407 e. The Hall–Kier alpha value is -2.83. The molecule has 0 spiro atoms. The molecule has 1 aromatic heterocycles. The molecule has 0 aliphatic heterocycles. The first-order chi connectivity index (χ1) is 10.6. The Balaban J connectivity index is 1.81. The van der Waals surface area contributed by atoms with Crippen LogP contribution in [-0.2, 0) is 17.9 Å². The molecule has 7 nitrogen and oxygen atoms in total. The molecule has 0 radical (unpaired) electrons. The number of nitrogens with one attached hydrogen (secondary N) is 1. The Labute approximate surface area is 127 Å². The second kappa shape index (κ2) is 7.26. The molecule has 2 rings (SSSR count). The van der Waals surface area contributed by atoms with Crippen molar-refractivity contribution in [3.8, 4) is 0 Å². The number of carboxylic acid groups (broad SMARTS) is 1. The van der Waals surface area contributed by atoms with Crippen molar-refractivity contribution in [1.29, 1.82) is 0 Å². The highest BCUT2D eigenvalue weighted by molar-refractivity contribution is 5.85. The Morgan fingerprint density at radius 2 is 2.05 bits per heavy atom. The number of benzene rings is 1. The Morgan fingerprint density at radius 3 is 2.73 bits per heavy atom. The predicted molar refractivity (Wildman–Crippen MR) is 78.4 cm³/mol. The summed E-state index contributed by atoms with van der Waals surface area (Å²) in [6, 6.07) is 10.4. The van der Waals surface area contributed by atoms with Crippen LogP contribution in [0.25, 0.3) is 0 Å². The summed E-state index contributed by atoms with van der Waals surface area (Å²) in [6.07, 6.45) is 0.851. The minimum absolute atomic E-state index is 0.0753. The second-order valence-corrected chi connectivity index (χ2v) is 4.81. The standard InChI is InChI=1S/C15H17N3O4/c1-11(9-18-13(14(19)20)7-8-16-18)17-15(21)22-10-12-5-3-2-4-6-12/h2-8,11H,9-10H2,1H3,(H,17,21)(H,19,20). The van der Waals surface area contributed by atoms with Crippen molar-refractivity contribution in [2.45, 2.75) is 26.1 Å². The molecule has 0 saturated heterocycles. The summed E-state index contributed by atoms with van der Waals surface area (Å²) in [4.78, 5) is 22.7. The number of ether oxygens (including phenoxy) is 1. The normalized spacial score (nSPS) is 11.7. The van der Waals surface area contributed by atoms with Gasteiger partial charge in [-0.05, 0) is 18.6 Å². The Morgan fingerprint density at radius 1 is 1.32 bits per heavy atom. The molecule has 2 aromatic rings. The van der Waals surface area contributed by atoms with E-state index in [1.54, 1.807) is 6.92 Å². The molecule has 22 heavy (non-hydrogen) atoms. The van der Waals surface area contributed by atoms with Crippen LogP contribution in [0.1, 0.15) is 23.0 Å². The lowest BCUT2D eigenvalue weighted by molar-refractivity contribution is 0.0682.